The van der Waals surface area contributed by atoms with E-state index in [2.05, 4.69) is 35.1 Å². The second-order valence-electron chi connectivity index (χ2n) is 5.98. The zero-order valence-corrected chi connectivity index (χ0v) is 15.9. The molecule has 2 aromatic rings. The summed E-state index contributed by atoms with van der Waals surface area (Å²) in [7, 11) is 1.57. The van der Waals surface area contributed by atoms with Gasteiger partial charge in [-0.15, -0.1) is 0 Å². The van der Waals surface area contributed by atoms with E-state index in [9.17, 15) is 4.79 Å². The third kappa shape index (κ3) is 4.74. The van der Waals surface area contributed by atoms with E-state index in [1.165, 1.54) is 0 Å². The monoisotopic (exact) mass is 391 g/mol. The quantitative estimate of drug-likeness (QED) is 0.748. The van der Waals surface area contributed by atoms with Crippen molar-refractivity contribution < 1.29 is 14.3 Å². The molecular weight excluding hydrogens is 370 g/mol. The first kappa shape index (κ1) is 18.3. The highest BCUT2D eigenvalue weighted by atomic mass is 79.9. The van der Waals surface area contributed by atoms with Crippen LogP contribution in [0.4, 0.5) is 5.69 Å². The maximum Gasteiger partial charge on any atom is 0.255 e. The molecule has 4 nitrogen and oxygen atoms in total. The fourth-order valence-corrected chi connectivity index (χ4v) is 2.62. The first-order valence-electron chi connectivity index (χ1n) is 7.79. The van der Waals surface area contributed by atoms with Gasteiger partial charge in [-0.05, 0) is 54.8 Å². The van der Waals surface area contributed by atoms with Gasteiger partial charge >= 0.3 is 0 Å². The minimum Gasteiger partial charge on any atom is -0.493 e. The number of carbonyl (C=O) groups excluding carboxylic acids is 1. The van der Waals surface area contributed by atoms with Crippen LogP contribution in [0, 0.1) is 12.8 Å². The number of hydrogen-bond acceptors (Lipinski definition) is 3. The maximum absolute atomic E-state index is 12.5. The van der Waals surface area contributed by atoms with E-state index in [4.69, 9.17) is 9.47 Å². The van der Waals surface area contributed by atoms with E-state index in [0.717, 1.165) is 15.7 Å². The lowest BCUT2D eigenvalue weighted by molar-refractivity contribution is 0.102. The number of aryl methyl sites for hydroxylation is 1. The smallest absolute Gasteiger partial charge is 0.255 e. The van der Waals surface area contributed by atoms with Gasteiger partial charge in [0, 0.05) is 15.7 Å². The molecule has 0 atom stereocenters. The van der Waals surface area contributed by atoms with E-state index >= 15 is 0 Å². The van der Waals surface area contributed by atoms with Crippen LogP contribution < -0.4 is 14.8 Å². The van der Waals surface area contributed by atoms with E-state index in [1.807, 2.05) is 25.1 Å². The Balaban J connectivity index is 2.17. The second-order valence-corrected chi connectivity index (χ2v) is 6.90. The SMILES string of the molecule is COc1cc(C(=O)Nc2ccc(Br)cc2C)ccc1OCC(C)C. The Labute approximate surface area is 151 Å². The molecule has 0 unspecified atom stereocenters. The van der Waals surface area contributed by atoms with Crippen molar-refractivity contribution in [1.29, 1.82) is 0 Å². The maximum atomic E-state index is 12.5. The van der Waals surface area contributed by atoms with Gasteiger partial charge in [0.25, 0.3) is 5.91 Å². The van der Waals surface area contributed by atoms with Crippen molar-refractivity contribution in [3.8, 4) is 11.5 Å². The van der Waals surface area contributed by atoms with Crippen LogP contribution in [0.1, 0.15) is 29.8 Å². The van der Waals surface area contributed by atoms with Crippen LogP contribution in [-0.4, -0.2) is 19.6 Å². The lowest BCUT2D eigenvalue weighted by Crippen LogP contribution is -2.13. The highest BCUT2D eigenvalue weighted by Crippen LogP contribution is 2.29. The number of benzene rings is 2. The molecule has 0 aliphatic carbocycles. The predicted octanol–water partition coefficient (Wildman–Crippen LogP) is 5.05. The number of methoxy groups -OCH3 is 1. The molecule has 1 N–H and O–H groups in total. The van der Waals surface area contributed by atoms with Crippen LogP contribution in [-0.2, 0) is 0 Å². The second kappa shape index (κ2) is 8.20. The molecule has 24 heavy (non-hydrogen) atoms. The van der Waals surface area contributed by atoms with Crippen molar-refractivity contribution >= 4 is 27.5 Å². The topological polar surface area (TPSA) is 47.6 Å². The number of nitrogens with one attached hydrogen (secondary N) is 1. The van der Waals surface area contributed by atoms with Gasteiger partial charge in [0.2, 0.25) is 0 Å². The van der Waals surface area contributed by atoms with Crippen molar-refractivity contribution in [2.24, 2.45) is 5.92 Å². The molecule has 0 saturated heterocycles. The lowest BCUT2D eigenvalue weighted by atomic mass is 10.1. The summed E-state index contributed by atoms with van der Waals surface area (Å²) >= 11 is 3.42. The molecule has 2 rings (SSSR count). The zero-order valence-electron chi connectivity index (χ0n) is 14.4. The van der Waals surface area contributed by atoms with Gasteiger partial charge in [-0.2, -0.15) is 0 Å². The Bertz CT molecular complexity index is 729. The number of halogens is 1. The van der Waals surface area contributed by atoms with Gasteiger partial charge < -0.3 is 14.8 Å². The van der Waals surface area contributed by atoms with Gasteiger partial charge in [0.05, 0.1) is 13.7 Å². The minimum absolute atomic E-state index is 0.186. The number of anilines is 1. The van der Waals surface area contributed by atoms with Crippen molar-refractivity contribution in [2.45, 2.75) is 20.8 Å². The van der Waals surface area contributed by atoms with E-state index in [0.29, 0.717) is 29.6 Å². The Hall–Kier alpha value is -2.01. The van der Waals surface area contributed by atoms with E-state index in [-0.39, 0.29) is 5.91 Å². The van der Waals surface area contributed by atoms with Crippen molar-refractivity contribution in [1.82, 2.24) is 0 Å². The number of carbonyl (C=O) groups is 1. The average Bonchev–Trinajstić information content (AvgIpc) is 2.55. The molecule has 2 aromatic carbocycles. The Morgan fingerprint density at radius 1 is 1.17 bits per heavy atom. The molecule has 1 amide bonds. The van der Waals surface area contributed by atoms with Gasteiger partial charge in [-0.3, -0.25) is 4.79 Å². The van der Waals surface area contributed by atoms with Gasteiger partial charge in [-0.1, -0.05) is 29.8 Å². The third-order valence-electron chi connectivity index (χ3n) is 3.43. The largest absolute Gasteiger partial charge is 0.493 e. The van der Waals surface area contributed by atoms with Crippen LogP contribution >= 0.6 is 15.9 Å². The molecule has 0 heterocycles. The van der Waals surface area contributed by atoms with Crippen LogP contribution in [0.3, 0.4) is 0 Å². The summed E-state index contributed by atoms with van der Waals surface area (Å²) in [4.78, 5) is 12.5. The highest BCUT2D eigenvalue weighted by molar-refractivity contribution is 9.10. The summed E-state index contributed by atoms with van der Waals surface area (Å²) in [6.07, 6.45) is 0. The summed E-state index contributed by atoms with van der Waals surface area (Å²) in [5.74, 6) is 1.42. The Morgan fingerprint density at radius 2 is 1.92 bits per heavy atom. The molecule has 0 radical (unpaired) electrons. The third-order valence-corrected chi connectivity index (χ3v) is 3.93. The molecule has 0 aliphatic heterocycles. The highest BCUT2D eigenvalue weighted by Gasteiger charge is 2.13. The van der Waals surface area contributed by atoms with Crippen molar-refractivity contribution in [3.63, 3.8) is 0 Å². The minimum atomic E-state index is -0.186. The molecule has 0 saturated carbocycles. The average molecular weight is 392 g/mol. The fraction of sp³-hybridized carbons (Fsp3) is 0.316. The first-order chi connectivity index (χ1) is 11.4. The zero-order chi connectivity index (χ0) is 17.7. The normalized spacial score (nSPS) is 10.6. The number of hydrogen-bond donors (Lipinski definition) is 1. The number of ether oxygens (including phenoxy) is 2. The summed E-state index contributed by atoms with van der Waals surface area (Å²) < 4.78 is 12.0. The lowest BCUT2D eigenvalue weighted by Gasteiger charge is -2.14. The molecule has 0 bridgehead atoms. The van der Waals surface area contributed by atoms with E-state index < -0.39 is 0 Å². The Kier molecular flexibility index (Phi) is 6.26. The predicted molar refractivity (Wildman–Crippen MR) is 100 cm³/mol. The van der Waals surface area contributed by atoms with E-state index in [1.54, 1.807) is 25.3 Å². The van der Waals surface area contributed by atoms with Gasteiger partial charge in [0.15, 0.2) is 11.5 Å². The summed E-state index contributed by atoms with van der Waals surface area (Å²) in [5.41, 5.74) is 2.29. The molecule has 0 fully saturated rings. The molecule has 128 valence electrons. The molecule has 0 aliphatic rings. The number of rotatable bonds is 6. The summed E-state index contributed by atoms with van der Waals surface area (Å²) in [5, 5.41) is 2.92. The number of amides is 1. The van der Waals surface area contributed by atoms with Crippen LogP contribution in [0.5, 0.6) is 11.5 Å². The van der Waals surface area contributed by atoms with Gasteiger partial charge in [0.1, 0.15) is 0 Å². The van der Waals surface area contributed by atoms with Crippen molar-refractivity contribution in [2.75, 3.05) is 19.0 Å². The molecule has 5 heteroatoms. The van der Waals surface area contributed by atoms with Gasteiger partial charge in [-0.25, -0.2) is 0 Å². The van der Waals surface area contributed by atoms with Crippen molar-refractivity contribution in [3.05, 3.63) is 52.0 Å². The molecular formula is C19H22BrNO3. The summed E-state index contributed by atoms with van der Waals surface area (Å²) in [6, 6.07) is 10.9. The Morgan fingerprint density at radius 3 is 2.54 bits per heavy atom. The van der Waals surface area contributed by atoms with Crippen LogP contribution in [0.25, 0.3) is 0 Å². The molecule has 0 spiro atoms. The standard InChI is InChI=1S/C19H22BrNO3/c1-12(2)11-24-17-8-5-14(10-18(17)23-4)19(22)21-16-7-6-15(20)9-13(16)3/h5-10,12H,11H2,1-4H3,(H,21,22). The van der Waals surface area contributed by atoms with Crippen LogP contribution in [0.2, 0.25) is 0 Å². The summed E-state index contributed by atoms with van der Waals surface area (Å²) in [6.45, 7) is 6.70. The van der Waals surface area contributed by atoms with Crippen LogP contribution in [0.15, 0.2) is 40.9 Å². The fourth-order valence-electron chi connectivity index (χ4n) is 2.15. The molecule has 0 aromatic heterocycles. The first-order valence-corrected chi connectivity index (χ1v) is 8.58.